The second-order valence-corrected chi connectivity index (χ2v) is 4.76. The van der Waals surface area contributed by atoms with Gasteiger partial charge in [0.15, 0.2) is 0 Å². The molecule has 3 rings (SSSR count). The molecule has 18 heavy (non-hydrogen) atoms. The number of halogens is 1. The van der Waals surface area contributed by atoms with E-state index in [1.165, 1.54) is 18.9 Å². The SMILES string of the molecule is CNCc1cc(F)ccc1-n1ccc(C2CC2)n1. The smallest absolute Gasteiger partial charge is 0.123 e. The van der Waals surface area contributed by atoms with E-state index in [2.05, 4.69) is 16.5 Å². The summed E-state index contributed by atoms with van der Waals surface area (Å²) in [6.07, 6.45) is 4.44. The minimum absolute atomic E-state index is 0.210. The Morgan fingerprint density at radius 3 is 2.94 bits per heavy atom. The zero-order valence-corrected chi connectivity index (χ0v) is 10.4. The van der Waals surface area contributed by atoms with E-state index in [9.17, 15) is 4.39 Å². The molecule has 1 aromatic carbocycles. The average Bonchev–Trinajstić information content (AvgIpc) is 3.09. The standard InChI is InChI=1S/C14H16FN3/c1-16-9-11-8-12(15)4-5-14(11)18-7-6-13(17-18)10-2-3-10/h4-8,10,16H,2-3,9H2,1H3. The maximum Gasteiger partial charge on any atom is 0.123 e. The third kappa shape index (κ3) is 2.16. The van der Waals surface area contributed by atoms with Crippen LogP contribution in [0.5, 0.6) is 0 Å². The number of hydrogen-bond acceptors (Lipinski definition) is 2. The fourth-order valence-corrected chi connectivity index (χ4v) is 2.18. The molecule has 0 aliphatic heterocycles. The summed E-state index contributed by atoms with van der Waals surface area (Å²) < 4.78 is 15.1. The number of hydrogen-bond donors (Lipinski definition) is 1. The van der Waals surface area contributed by atoms with Crippen molar-refractivity contribution in [3.8, 4) is 5.69 Å². The van der Waals surface area contributed by atoms with Crippen molar-refractivity contribution in [2.24, 2.45) is 0 Å². The second-order valence-electron chi connectivity index (χ2n) is 4.76. The summed E-state index contributed by atoms with van der Waals surface area (Å²) in [7, 11) is 1.85. The summed E-state index contributed by atoms with van der Waals surface area (Å²) in [5, 5.41) is 7.64. The van der Waals surface area contributed by atoms with Crippen LogP contribution in [0.2, 0.25) is 0 Å². The van der Waals surface area contributed by atoms with E-state index in [1.54, 1.807) is 12.1 Å². The predicted molar refractivity (Wildman–Crippen MR) is 68.3 cm³/mol. The lowest BCUT2D eigenvalue weighted by Crippen LogP contribution is -2.10. The van der Waals surface area contributed by atoms with Crippen molar-refractivity contribution in [2.75, 3.05) is 7.05 Å². The Bertz CT molecular complexity index is 558. The van der Waals surface area contributed by atoms with Crippen LogP contribution >= 0.6 is 0 Å². The van der Waals surface area contributed by atoms with Crippen LogP contribution in [0.15, 0.2) is 30.5 Å². The first-order chi connectivity index (χ1) is 8.78. The molecule has 0 unspecified atom stereocenters. The minimum Gasteiger partial charge on any atom is -0.316 e. The molecule has 1 aromatic heterocycles. The van der Waals surface area contributed by atoms with Crippen LogP contribution in [0.25, 0.3) is 5.69 Å². The lowest BCUT2D eigenvalue weighted by atomic mass is 10.1. The number of benzene rings is 1. The number of nitrogens with one attached hydrogen (secondary N) is 1. The van der Waals surface area contributed by atoms with Crippen molar-refractivity contribution in [3.63, 3.8) is 0 Å². The van der Waals surface area contributed by atoms with Gasteiger partial charge in [0.05, 0.1) is 11.4 Å². The Kier molecular flexibility index (Phi) is 2.88. The highest BCUT2D eigenvalue weighted by Crippen LogP contribution is 2.39. The van der Waals surface area contributed by atoms with E-state index in [4.69, 9.17) is 0 Å². The molecule has 1 aliphatic carbocycles. The summed E-state index contributed by atoms with van der Waals surface area (Å²) in [6.45, 7) is 0.631. The monoisotopic (exact) mass is 245 g/mol. The van der Waals surface area contributed by atoms with Gasteiger partial charge in [0, 0.05) is 18.7 Å². The first kappa shape index (κ1) is 11.4. The highest BCUT2D eigenvalue weighted by Gasteiger charge is 2.26. The molecule has 0 saturated heterocycles. The second kappa shape index (κ2) is 4.53. The summed E-state index contributed by atoms with van der Waals surface area (Å²) in [5.41, 5.74) is 3.01. The van der Waals surface area contributed by atoms with Crippen LogP contribution in [0.4, 0.5) is 4.39 Å². The molecular weight excluding hydrogens is 229 g/mol. The van der Waals surface area contributed by atoms with E-state index in [0.717, 1.165) is 16.9 Å². The molecule has 2 aromatic rings. The summed E-state index contributed by atoms with van der Waals surface area (Å²) in [5.74, 6) is 0.429. The Morgan fingerprint density at radius 1 is 1.39 bits per heavy atom. The van der Waals surface area contributed by atoms with Gasteiger partial charge >= 0.3 is 0 Å². The molecule has 0 atom stereocenters. The first-order valence-electron chi connectivity index (χ1n) is 6.27. The highest BCUT2D eigenvalue weighted by molar-refractivity contribution is 5.41. The van der Waals surface area contributed by atoms with Crippen LogP contribution in [-0.2, 0) is 6.54 Å². The van der Waals surface area contributed by atoms with Crippen LogP contribution < -0.4 is 5.32 Å². The fourth-order valence-electron chi connectivity index (χ4n) is 2.18. The number of aromatic nitrogens is 2. The van der Waals surface area contributed by atoms with Gasteiger partial charge in [-0.1, -0.05) is 0 Å². The molecule has 1 fully saturated rings. The number of nitrogens with zero attached hydrogens (tertiary/aromatic N) is 2. The molecule has 0 amide bonds. The topological polar surface area (TPSA) is 29.9 Å². The maximum atomic E-state index is 13.3. The van der Waals surface area contributed by atoms with Gasteiger partial charge in [0.2, 0.25) is 0 Å². The fraction of sp³-hybridized carbons (Fsp3) is 0.357. The van der Waals surface area contributed by atoms with Crippen molar-refractivity contribution in [1.82, 2.24) is 15.1 Å². The number of rotatable bonds is 4. The highest BCUT2D eigenvalue weighted by atomic mass is 19.1. The normalized spacial score (nSPS) is 15.0. The molecule has 94 valence electrons. The molecule has 0 radical (unpaired) electrons. The van der Waals surface area contributed by atoms with Gasteiger partial charge in [-0.2, -0.15) is 5.10 Å². The maximum absolute atomic E-state index is 13.3. The van der Waals surface area contributed by atoms with Crippen molar-refractivity contribution in [3.05, 3.63) is 47.5 Å². The molecule has 1 aliphatic rings. The lowest BCUT2D eigenvalue weighted by molar-refractivity contribution is 0.622. The summed E-state index contributed by atoms with van der Waals surface area (Å²) in [4.78, 5) is 0. The van der Waals surface area contributed by atoms with Gasteiger partial charge in [-0.25, -0.2) is 9.07 Å². The van der Waals surface area contributed by atoms with E-state index in [1.807, 2.05) is 17.9 Å². The lowest BCUT2D eigenvalue weighted by Gasteiger charge is -2.09. The van der Waals surface area contributed by atoms with Crippen LogP contribution in [-0.4, -0.2) is 16.8 Å². The quantitative estimate of drug-likeness (QED) is 0.897. The van der Waals surface area contributed by atoms with Gasteiger partial charge in [-0.05, 0) is 49.7 Å². The third-order valence-electron chi connectivity index (χ3n) is 3.26. The first-order valence-corrected chi connectivity index (χ1v) is 6.27. The predicted octanol–water partition coefficient (Wildman–Crippen LogP) is 2.61. The van der Waals surface area contributed by atoms with Crippen molar-refractivity contribution in [2.45, 2.75) is 25.3 Å². The van der Waals surface area contributed by atoms with Crippen LogP contribution in [0.1, 0.15) is 30.0 Å². The Hall–Kier alpha value is -1.68. The Balaban J connectivity index is 1.97. The zero-order valence-electron chi connectivity index (χ0n) is 10.4. The molecule has 1 heterocycles. The largest absolute Gasteiger partial charge is 0.316 e. The van der Waals surface area contributed by atoms with Gasteiger partial charge in [0.1, 0.15) is 5.82 Å². The molecule has 3 nitrogen and oxygen atoms in total. The molecular formula is C14H16FN3. The van der Waals surface area contributed by atoms with E-state index >= 15 is 0 Å². The minimum atomic E-state index is -0.210. The van der Waals surface area contributed by atoms with E-state index in [-0.39, 0.29) is 5.82 Å². The Morgan fingerprint density at radius 2 is 2.22 bits per heavy atom. The van der Waals surface area contributed by atoms with Crippen molar-refractivity contribution < 1.29 is 4.39 Å². The van der Waals surface area contributed by atoms with Crippen molar-refractivity contribution >= 4 is 0 Å². The van der Waals surface area contributed by atoms with Crippen LogP contribution in [0.3, 0.4) is 0 Å². The Labute approximate surface area is 106 Å². The third-order valence-corrected chi connectivity index (χ3v) is 3.26. The molecule has 0 spiro atoms. The van der Waals surface area contributed by atoms with Gasteiger partial charge in [-0.15, -0.1) is 0 Å². The zero-order chi connectivity index (χ0) is 12.5. The van der Waals surface area contributed by atoms with Crippen molar-refractivity contribution in [1.29, 1.82) is 0 Å². The molecule has 1 N–H and O–H groups in total. The summed E-state index contributed by atoms with van der Waals surface area (Å²) >= 11 is 0. The molecule has 0 bridgehead atoms. The van der Waals surface area contributed by atoms with Gasteiger partial charge in [-0.3, -0.25) is 0 Å². The van der Waals surface area contributed by atoms with E-state index < -0.39 is 0 Å². The van der Waals surface area contributed by atoms with Gasteiger partial charge < -0.3 is 5.32 Å². The summed E-state index contributed by atoms with van der Waals surface area (Å²) in [6, 6.07) is 6.88. The molecule has 1 saturated carbocycles. The van der Waals surface area contributed by atoms with Gasteiger partial charge in [0.25, 0.3) is 0 Å². The van der Waals surface area contributed by atoms with Crippen LogP contribution in [0, 0.1) is 5.82 Å². The molecule has 4 heteroatoms. The van der Waals surface area contributed by atoms with E-state index in [0.29, 0.717) is 12.5 Å². The average molecular weight is 245 g/mol.